The van der Waals surface area contributed by atoms with Crippen molar-refractivity contribution in [3.05, 3.63) is 53.6 Å². The fraction of sp³-hybridized carbons (Fsp3) is 0.278. The lowest BCUT2D eigenvalue weighted by molar-refractivity contribution is -0.0328. The molecule has 1 atom stereocenters. The van der Waals surface area contributed by atoms with E-state index in [1.165, 1.54) is 38.5 Å². The van der Waals surface area contributed by atoms with Crippen LogP contribution in [0.15, 0.2) is 47.4 Å². The van der Waals surface area contributed by atoms with Crippen LogP contribution in [0.25, 0.3) is 0 Å². The van der Waals surface area contributed by atoms with Crippen molar-refractivity contribution in [3.8, 4) is 11.5 Å². The lowest BCUT2D eigenvalue weighted by atomic mass is 10.1. The quantitative estimate of drug-likeness (QED) is 0.725. The van der Waals surface area contributed by atoms with E-state index in [0.717, 1.165) is 5.56 Å². The first-order valence-corrected chi connectivity index (χ1v) is 8.43. The highest BCUT2D eigenvalue weighted by Gasteiger charge is 2.29. The molecule has 2 aromatic carbocycles. The van der Waals surface area contributed by atoms with Gasteiger partial charge in [-0.25, -0.2) is 0 Å². The lowest BCUT2D eigenvalue weighted by Crippen LogP contribution is -2.27. The Morgan fingerprint density at radius 2 is 1.73 bits per heavy atom. The van der Waals surface area contributed by atoms with Crippen LogP contribution in [-0.4, -0.2) is 25.6 Å². The molecular formula is C18H18F3NO3S. The summed E-state index contributed by atoms with van der Waals surface area (Å²) in [5.74, 6) is 0.817. The number of benzene rings is 2. The first kappa shape index (κ1) is 20.0. The minimum Gasteiger partial charge on any atom is -0.497 e. The van der Waals surface area contributed by atoms with Gasteiger partial charge in [0.2, 0.25) is 0 Å². The van der Waals surface area contributed by atoms with Crippen LogP contribution in [0.3, 0.4) is 0 Å². The van der Waals surface area contributed by atoms with E-state index in [1.54, 1.807) is 25.1 Å². The second-order valence-corrected chi connectivity index (χ2v) is 6.51. The molecule has 2 rings (SSSR count). The molecule has 1 N–H and O–H groups in total. The number of hydrogen-bond acceptors (Lipinski definition) is 4. The van der Waals surface area contributed by atoms with Crippen LogP contribution >= 0.6 is 11.8 Å². The van der Waals surface area contributed by atoms with E-state index < -0.39 is 17.5 Å². The molecule has 0 aliphatic carbocycles. The monoisotopic (exact) mass is 385 g/mol. The number of alkyl halides is 3. The van der Waals surface area contributed by atoms with Crippen molar-refractivity contribution in [2.45, 2.75) is 23.4 Å². The van der Waals surface area contributed by atoms with E-state index in [2.05, 4.69) is 5.32 Å². The minimum absolute atomic E-state index is 0.0246. The average molecular weight is 385 g/mol. The van der Waals surface area contributed by atoms with Gasteiger partial charge in [0.05, 0.1) is 20.3 Å². The molecule has 0 radical (unpaired) electrons. The standard InChI is InChI=1S/C18H18F3NO3S/c1-11(15-10-13(24-2)6-9-16(15)25-3)22-17(23)12-4-7-14(8-5-12)26-18(19,20)21/h4-11H,1-3H3,(H,22,23)/t11-/m1/s1. The van der Waals surface area contributed by atoms with Gasteiger partial charge < -0.3 is 14.8 Å². The highest BCUT2D eigenvalue weighted by Crippen LogP contribution is 2.36. The van der Waals surface area contributed by atoms with Crippen molar-refractivity contribution in [2.24, 2.45) is 0 Å². The summed E-state index contributed by atoms with van der Waals surface area (Å²) in [6, 6.07) is 10.1. The summed E-state index contributed by atoms with van der Waals surface area (Å²) < 4.78 is 47.5. The number of halogens is 3. The normalized spacial score (nSPS) is 12.4. The summed E-state index contributed by atoms with van der Waals surface area (Å²) in [6.45, 7) is 1.78. The second-order valence-electron chi connectivity index (χ2n) is 5.38. The predicted molar refractivity (Wildman–Crippen MR) is 93.8 cm³/mol. The van der Waals surface area contributed by atoms with Gasteiger partial charge in [0.15, 0.2) is 0 Å². The maximum atomic E-state index is 12.4. The molecule has 4 nitrogen and oxygen atoms in total. The third-order valence-corrected chi connectivity index (χ3v) is 4.34. The molecule has 0 fully saturated rings. The number of amides is 1. The molecule has 0 bridgehead atoms. The lowest BCUT2D eigenvalue weighted by Gasteiger charge is -2.18. The SMILES string of the molecule is COc1ccc(OC)c([C@@H](C)NC(=O)c2ccc(SC(F)(F)F)cc2)c1. The molecule has 0 aromatic heterocycles. The smallest absolute Gasteiger partial charge is 0.446 e. The Morgan fingerprint density at radius 1 is 1.08 bits per heavy atom. The van der Waals surface area contributed by atoms with E-state index >= 15 is 0 Å². The van der Waals surface area contributed by atoms with E-state index in [-0.39, 0.29) is 22.2 Å². The van der Waals surface area contributed by atoms with E-state index in [0.29, 0.717) is 11.5 Å². The molecule has 0 heterocycles. The fourth-order valence-corrected chi connectivity index (χ4v) is 2.88. The zero-order valence-corrected chi connectivity index (χ0v) is 15.2. The van der Waals surface area contributed by atoms with Gasteiger partial charge in [0.25, 0.3) is 5.91 Å². The summed E-state index contributed by atoms with van der Waals surface area (Å²) in [7, 11) is 3.06. The average Bonchev–Trinajstić information content (AvgIpc) is 2.60. The Morgan fingerprint density at radius 3 is 2.27 bits per heavy atom. The molecule has 0 saturated heterocycles. The Bertz CT molecular complexity index is 763. The molecule has 2 aromatic rings. The van der Waals surface area contributed by atoms with Gasteiger partial charge in [-0.3, -0.25) is 4.79 Å². The minimum atomic E-state index is -4.36. The van der Waals surface area contributed by atoms with Gasteiger partial charge >= 0.3 is 5.51 Å². The van der Waals surface area contributed by atoms with Crippen molar-refractivity contribution >= 4 is 17.7 Å². The van der Waals surface area contributed by atoms with E-state index in [1.807, 2.05) is 0 Å². The number of ether oxygens (including phenoxy) is 2. The summed E-state index contributed by atoms with van der Waals surface area (Å²) in [6.07, 6.45) is 0. The van der Waals surface area contributed by atoms with Crippen LogP contribution in [0.4, 0.5) is 13.2 Å². The predicted octanol–water partition coefficient (Wildman–Crippen LogP) is 4.81. The summed E-state index contributed by atoms with van der Waals surface area (Å²) in [5.41, 5.74) is -3.36. The van der Waals surface area contributed by atoms with Gasteiger partial charge in [-0.05, 0) is 61.2 Å². The van der Waals surface area contributed by atoms with Crippen LogP contribution in [0, 0.1) is 0 Å². The summed E-state index contributed by atoms with van der Waals surface area (Å²) in [5, 5.41) is 2.80. The third kappa shape index (κ3) is 5.32. The highest BCUT2D eigenvalue weighted by atomic mass is 32.2. The Kier molecular flexibility index (Phi) is 6.42. The van der Waals surface area contributed by atoms with Crippen molar-refractivity contribution in [3.63, 3.8) is 0 Å². The van der Waals surface area contributed by atoms with E-state index in [4.69, 9.17) is 9.47 Å². The van der Waals surface area contributed by atoms with Gasteiger partial charge in [-0.15, -0.1) is 0 Å². The number of rotatable bonds is 6. The zero-order valence-electron chi connectivity index (χ0n) is 14.4. The maximum Gasteiger partial charge on any atom is 0.446 e. The molecule has 0 aliphatic rings. The first-order valence-electron chi connectivity index (χ1n) is 7.62. The zero-order chi connectivity index (χ0) is 19.3. The molecule has 0 spiro atoms. The Labute approximate surface area is 153 Å². The third-order valence-electron chi connectivity index (χ3n) is 3.60. The summed E-state index contributed by atoms with van der Waals surface area (Å²) in [4.78, 5) is 12.4. The van der Waals surface area contributed by atoms with Gasteiger partial charge in [0, 0.05) is 16.0 Å². The van der Waals surface area contributed by atoms with Gasteiger partial charge in [0.1, 0.15) is 11.5 Å². The number of methoxy groups -OCH3 is 2. The number of thioether (sulfide) groups is 1. The molecule has 8 heteroatoms. The number of hydrogen-bond donors (Lipinski definition) is 1. The molecule has 26 heavy (non-hydrogen) atoms. The molecule has 0 unspecified atom stereocenters. The van der Waals surface area contributed by atoms with Crippen molar-refractivity contribution in [1.82, 2.24) is 5.32 Å². The topological polar surface area (TPSA) is 47.6 Å². The Hall–Kier alpha value is -2.35. The molecule has 0 saturated carbocycles. The molecule has 140 valence electrons. The highest BCUT2D eigenvalue weighted by molar-refractivity contribution is 8.00. The first-order chi connectivity index (χ1) is 12.2. The number of nitrogens with one attached hydrogen (secondary N) is 1. The van der Waals surface area contributed by atoms with Crippen LogP contribution in [0.2, 0.25) is 0 Å². The second kappa shape index (κ2) is 8.35. The van der Waals surface area contributed by atoms with Gasteiger partial charge in [-0.1, -0.05) is 0 Å². The van der Waals surface area contributed by atoms with Crippen LogP contribution < -0.4 is 14.8 Å². The molecule has 0 aliphatic heterocycles. The fourth-order valence-electron chi connectivity index (χ4n) is 2.34. The van der Waals surface area contributed by atoms with Crippen LogP contribution in [0.1, 0.15) is 28.9 Å². The number of carbonyl (C=O) groups excluding carboxylic acids is 1. The van der Waals surface area contributed by atoms with Crippen LogP contribution in [0.5, 0.6) is 11.5 Å². The summed E-state index contributed by atoms with van der Waals surface area (Å²) >= 11 is -0.221. The van der Waals surface area contributed by atoms with Crippen molar-refractivity contribution in [2.75, 3.05) is 14.2 Å². The molecular weight excluding hydrogens is 367 g/mol. The van der Waals surface area contributed by atoms with Crippen molar-refractivity contribution < 1.29 is 27.4 Å². The van der Waals surface area contributed by atoms with Gasteiger partial charge in [-0.2, -0.15) is 13.2 Å². The van der Waals surface area contributed by atoms with E-state index in [9.17, 15) is 18.0 Å². The largest absolute Gasteiger partial charge is 0.497 e. The van der Waals surface area contributed by atoms with Crippen LogP contribution in [-0.2, 0) is 0 Å². The van der Waals surface area contributed by atoms with Crippen molar-refractivity contribution in [1.29, 1.82) is 0 Å². The number of carbonyl (C=O) groups is 1. The Balaban J connectivity index is 2.12. The molecule has 1 amide bonds. The maximum absolute atomic E-state index is 12.4.